The van der Waals surface area contributed by atoms with Crippen LogP contribution < -0.4 is 0 Å². The van der Waals surface area contributed by atoms with Gasteiger partial charge in [0.25, 0.3) is 0 Å². The highest BCUT2D eigenvalue weighted by atomic mass is 35.5. The number of likely N-dealkylation sites (tertiary alicyclic amines) is 1. The van der Waals surface area contributed by atoms with E-state index in [-0.39, 0.29) is 0 Å². The molecule has 1 aliphatic heterocycles. The summed E-state index contributed by atoms with van der Waals surface area (Å²) >= 11 is 5.44. The predicted octanol–water partition coefficient (Wildman–Crippen LogP) is 0.909. The maximum absolute atomic E-state index is 8.92. The van der Waals surface area contributed by atoms with Gasteiger partial charge in [-0.05, 0) is 17.8 Å². The molecule has 1 unspecified atom stereocenters. The average molecular weight is 188 g/mol. The van der Waals surface area contributed by atoms with Crippen LogP contribution in [0, 0.1) is 17.8 Å². The quantitative estimate of drug-likeness (QED) is 0.710. The van der Waals surface area contributed by atoms with E-state index in [0.717, 1.165) is 31.5 Å². The number of aliphatic hydroxyl groups is 1. The van der Waals surface area contributed by atoms with Crippen molar-refractivity contribution in [3.05, 3.63) is 11.6 Å². The van der Waals surface area contributed by atoms with E-state index in [1.807, 2.05) is 6.08 Å². The topological polar surface area (TPSA) is 23.5 Å². The molecule has 3 heteroatoms. The fourth-order valence-corrected chi connectivity index (χ4v) is 2.43. The SMILES string of the molecule is OCC1[C@H]2CN(C/C=C/Cl)C[C@@H]12. The van der Waals surface area contributed by atoms with E-state index in [9.17, 15) is 0 Å². The summed E-state index contributed by atoms with van der Waals surface area (Å²) in [4.78, 5) is 2.39. The second-order valence-corrected chi connectivity index (χ2v) is 4.01. The van der Waals surface area contributed by atoms with Gasteiger partial charge in [0, 0.05) is 31.8 Å². The first-order valence-electron chi connectivity index (χ1n) is 4.45. The number of hydrogen-bond donors (Lipinski definition) is 1. The lowest BCUT2D eigenvalue weighted by atomic mass is 10.3. The highest BCUT2D eigenvalue weighted by molar-refractivity contribution is 6.25. The molecule has 12 heavy (non-hydrogen) atoms. The molecule has 0 bridgehead atoms. The zero-order valence-corrected chi connectivity index (χ0v) is 7.74. The molecule has 1 saturated carbocycles. The van der Waals surface area contributed by atoms with Crippen LogP contribution in [0.4, 0.5) is 0 Å². The van der Waals surface area contributed by atoms with Crippen LogP contribution in [0.15, 0.2) is 11.6 Å². The van der Waals surface area contributed by atoms with Crippen LogP contribution >= 0.6 is 11.6 Å². The molecular weight excluding hydrogens is 174 g/mol. The summed E-state index contributed by atoms with van der Waals surface area (Å²) in [6, 6.07) is 0. The maximum Gasteiger partial charge on any atom is 0.0465 e. The van der Waals surface area contributed by atoms with Crippen molar-refractivity contribution in [3.8, 4) is 0 Å². The number of fused-ring (bicyclic) bond motifs is 1. The summed E-state index contributed by atoms with van der Waals surface area (Å²) in [5.74, 6) is 2.17. The third-order valence-corrected chi connectivity index (χ3v) is 3.29. The van der Waals surface area contributed by atoms with Gasteiger partial charge in [0.15, 0.2) is 0 Å². The lowest BCUT2D eigenvalue weighted by molar-refractivity contribution is 0.229. The molecule has 0 aromatic carbocycles. The predicted molar refractivity (Wildman–Crippen MR) is 49.0 cm³/mol. The van der Waals surface area contributed by atoms with Crippen molar-refractivity contribution in [1.82, 2.24) is 4.90 Å². The van der Waals surface area contributed by atoms with Gasteiger partial charge in [0.1, 0.15) is 0 Å². The van der Waals surface area contributed by atoms with Crippen molar-refractivity contribution in [3.63, 3.8) is 0 Å². The van der Waals surface area contributed by atoms with E-state index in [2.05, 4.69) is 4.90 Å². The summed E-state index contributed by atoms with van der Waals surface area (Å²) in [5.41, 5.74) is 1.58. The summed E-state index contributed by atoms with van der Waals surface area (Å²) in [6.45, 7) is 3.65. The zero-order chi connectivity index (χ0) is 8.55. The van der Waals surface area contributed by atoms with E-state index in [1.165, 1.54) is 0 Å². The maximum atomic E-state index is 8.92. The number of hydrogen-bond acceptors (Lipinski definition) is 2. The van der Waals surface area contributed by atoms with Gasteiger partial charge >= 0.3 is 0 Å². The summed E-state index contributed by atoms with van der Waals surface area (Å²) in [6.07, 6.45) is 1.97. The van der Waals surface area contributed by atoms with E-state index in [4.69, 9.17) is 16.7 Å². The van der Waals surface area contributed by atoms with Gasteiger partial charge in [-0.2, -0.15) is 0 Å². The van der Waals surface area contributed by atoms with Crippen LogP contribution in [-0.4, -0.2) is 36.2 Å². The number of aliphatic hydroxyl groups excluding tert-OH is 1. The first kappa shape index (κ1) is 8.54. The Labute approximate surface area is 77.8 Å². The molecule has 3 atom stereocenters. The molecule has 2 fully saturated rings. The monoisotopic (exact) mass is 187 g/mol. The van der Waals surface area contributed by atoms with Gasteiger partial charge in [0.05, 0.1) is 0 Å². The van der Waals surface area contributed by atoms with Crippen molar-refractivity contribution in [2.75, 3.05) is 26.2 Å². The number of halogens is 1. The molecule has 2 nitrogen and oxygen atoms in total. The van der Waals surface area contributed by atoms with Crippen LogP contribution in [0.1, 0.15) is 0 Å². The number of rotatable bonds is 3. The Morgan fingerprint density at radius 3 is 2.58 bits per heavy atom. The van der Waals surface area contributed by atoms with E-state index in [0.29, 0.717) is 12.5 Å². The largest absolute Gasteiger partial charge is 0.396 e. The lowest BCUT2D eigenvalue weighted by Gasteiger charge is -2.16. The summed E-state index contributed by atoms with van der Waals surface area (Å²) < 4.78 is 0. The average Bonchev–Trinajstić information content (AvgIpc) is 2.56. The van der Waals surface area contributed by atoms with E-state index >= 15 is 0 Å². The Bertz CT molecular complexity index is 183. The highest BCUT2D eigenvalue weighted by Gasteiger charge is 2.54. The van der Waals surface area contributed by atoms with Gasteiger partial charge < -0.3 is 5.11 Å². The molecule has 0 aromatic rings. The van der Waals surface area contributed by atoms with Crippen LogP contribution in [0.2, 0.25) is 0 Å². The fraction of sp³-hybridized carbons (Fsp3) is 0.778. The third-order valence-electron chi connectivity index (χ3n) is 3.11. The van der Waals surface area contributed by atoms with Gasteiger partial charge in [-0.1, -0.05) is 17.7 Å². The van der Waals surface area contributed by atoms with Gasteiger partial charge in [0.2, 0.25) is 0 Å². The molecule has 2 rings (SSSR count). The van der Waals surface area contributed by atoms with Crippen LogP contribution in [0.5, 0.6) is 0 Å². The van der Waals surface area contributed by atoms with E-state index < -0.39 is 0 Å². The molecule has 2 aliphatic rings. The molecule has 1 saturated heterocycles. The second-order valence-electron chi connectivity index (χ2n) is 3.75. The van der Waals surface area contributed by atoms with Crippen LogP contribution in [0.3, 0.4) is 0 Å². The number of piperidine rings is 1. The van der Waals surface area contributed by atoms with Crippen molar-refractivity contribution < 1.29 is 5.11 Å². The van der Waals surface area contributed by atoms with Gasteiger partial charge in [-0.15, -0.1) is 0 Å². The highest BCUT2D eigenvalue weighted by Crippen LogP contribution is 2.51. The molecule has 1 heterocycles. The van der Waals surface area contributed by atoms with Gasteiger partial charge in [-0.3, -0.25) is 4.90 Å². The zero-order valence-electron chi connectivity index (χ0n) is 6.99. The van der Waals surface area contributed by atoms with Crippen LogP contribution in [-0.2, 0) is 0 Å². The molecule has 68 valence electrons. The van der Waals surface area contributed by atoms with Crippen molar-refractivity contribution in [2.45, 2.75) is 0 Å². The Morgan fingerprint density at radius 1 is 1.42 bits per heavy atom. The summed E-state index contributed by atoms with van der Waals surface area (Å²) in [7, 11) is 0. The molecule has 0 spiro atoms. The Hall–Kier alpha value is -0.0500. The molecule has 0 amide bonds. The van der Waals surface area contributed by atoms with Crippen molar-refractivity contribution >= 4 is 11.6 Å². The molecule has 1 aliphatic carbocycles. The van der Waals surface area contributed by atoms with Gasteiger partial charge in [-0.25, -0.2) is 0 Å². The smallest absolute Gasteiger partial charge is 0.0465 e. The normalized spacial score (nSPS) is 40.7. The third kappa shape index (κ3) is 1.39. The minimum absolute atomic E-state index is 0.383. The minimum atomic E-state index is 0.383. The fourth-order valence-electron chi connectivity index (χ4n) is 2.35. The molecule has 0 aromatic heterocycles. The number of nitrogens with zero attached hydrogens (tertiary/aromatic N) is 1. The Kier molecular flexibility index (Phi) is 2.40. The Balaban J connectivity index is 1.75. The second kappa shape index (κ2) is 3.36. The van der Waals surface area contributed by atoms with Crippen molar-refractivity contribution in [2.24, 2.45) is 17.8 Å². The lowest BCUT2D eigenvalue weighted by Crippen LogP contribution is -2.25. The molecule has 1 N–H and O–H groups in total. The van der Waals surface area contributed by atoms with E-state index in [1.54, 1.807) is 5.54 Å². The summed E-state index contributed by atoms with van der Waals surface area (Å²) in [5, 5.41) is 8.92. The standard InChI is InChI=1S/C9H14ClNO/c10-2-1-3-11-4-7-8(5-11)9(7)6-12/h1-2,7-9,12H,3-6H2/b2-1+/t7-,8+,9?. The van der Waals surface area contributed by atoms with Crippen molar-refractivity contribution in [1.29, 1.82) is 0 Å². The Morgan fingerprint density at radius 2 is 2.08 bits per heavy atom. The molecular formula is C9H14ClNO. The first-order valence-corrected chi connectivity index (χ1v) is 4.89. The minimum Gasteiger partial charge on any atom is -0.396 e. The molecule has 0 radical (unpaired) electrons. The first-order chi connectivity index (χ1) is 5.86. The van der Waals surface area contributed by atoms with Crippen LogP contribution in [0.25, 0.3) is 0 Å².